The Morgan fingerprint density at radius 1 is 0.571 bits per heavy atom. The molecule has 0 aliphatic rings. The molecule has 35 heavy (non-hydrogen) atoms. The number of benzene rings is 3. The highest BCUT2D eigenvalue weighted by atomic mass is 16.3. The molecule has 164 valence electrons. The van der Waals surface area contributed by atoms with E-state index in [9.17, 15) is 0 Å². The second-order valence-electron chi connectivity index (χ2n) is 8.55. The quantitative estimate of drug-likeness (QED) is 0.275. The van der Waals surface area contributed by atoms with E-state index in [1.54, 1.807) is 6.20 Å². The standard InChI is InChI=1S/C31H19N3O/c1-2-8-24-20(7-1)18-25(31-30(24)26-19-32-14-11-29(26)35-31)21-15-22(27-9-3-5-12-33-27)17-23(16-21)28-10-4-6-13-34-28/h1-19H. The molecule has 0 atom stereocenters. The number of hydrogen-bond donors (Lipinski definition) is 0. The summed E-state index contributed by atoms with van der Waals surface area (Å²) in [6, 6.07) is 31.0. The maximum absolute atomic E-state index is 6.47. The van der Waals surface area contributed by atoms with Crippen LogP contribution in [-0.2, 0) is 0 Å². The molecule has 7 rings (SSSR count). The van der Waals surface area contributed by atoms with E-state index in [1.165, 1.54) is 0 Å². The van der Waals surface area contributed by atoms with Crippen LogP contribution in [0, 0.1) is 0 Å². The molecule has 4 heterocycles. The average Bonchev–Trinajstić information content (AvgIpc) is 3.33. The summed E-state index contributed by atoms with van der Waals surface area (Å²) in [5, 5.41) is 4.42. The molecule has 4 nitrogen and oxygen atoms in total. The first kappa shape index (κ1) is 19.6. The minimum Gasteiger partial charge on any atom is -0.455 e. The van der Waals surface area contributed by atoms with Crippen molar-refractivity contribution < 1.29 is 4.42 Å². The van der Waals surface area contributed by atoms with E-state index in [4.69, 9.17) is 4.42 Å². The first-order valence-corrected chi connectivity index (χ1v) is 11.5. The molecule has 0 spiro atoms. The van der Waals surface area contributed by atoms with E-state index in [0.717, 1.165) is 66.4 Å². The van der Waals surface area contributed by atoms with Crippen LogP contribution in [0.25, 0.3) is 66.4 Å². The van der Waals surface area contributed by atoms with E-state index in [1.807, 2.05) is 61.1 Å². The molecule has 0 unspecified atom stereocenters. The number of aromatic nitrogens is 3. The van der Waals surface area contributed by atoms with Crippen LogP contribution in [0.4, 0.5) is 0 Å². The molecule has 7 aromatic rings. The zero-order chi connectivity index (χ0) is 23.2. The van der Waals surface area contributed by atoms with E-state index < -0.39 is 0 Å². The molecule has 0 aliphatic carbocycles. The number of nitrogens with zero attached hydrogens (tertiary/aromatic N) is 3. The summed E-state index contributed by atoms with van der Waals surface area (Å²) >= 11 is 0. The monoisotopic (exact) mass is 449 g/mol. The third-order valence-corrected chi connectivity index (χ3v) is 6.43. The molecule has 0 saturated carbocycles. The SMILES string of the molecule is c1ccc(-c2cc(-c3ccccn3)cc(-c3cc4ccccc4c4c3oc3ccncc34)c2)nc1. The van der Waals surface area contributed by atoms with Crippen molar-refractivity contribution in [3.05, 3.63) is 116 Å². The van der Waals surface area contributed by atoms with Crippen LogP contribution < -0.4 is 0 Å². The normalized spacial score (nSPS) is 11.4. The van der Waals surface area contributed by atoms with Gasteiger partial charge in [0.2, 0.25) is 0 Å². The molecule has 0 fully saturated rings. The summed E-state index contributed by atoms with van der Waals surface area (Å²) in [5.41, 5.74) is 7.66. The number of fused-ring (bicyclic) bond motifs is 5. The highest BCUT2D eigenvalue weighted by Gasteiger charge is 2.18. The Kier molecular flexibility index (Phi) is 4.42. The average molecular weight is 450 g/mol. The number of furan rings is 1. The largest absolute Gasteiger partial charge is 0.455 e. The maximum Gasteiger partial charge on any atom is 0.143 e. The predicted octanol–water partition coefficient (Wildman–Crippen LogP) is 7.93. The minimum atomic E-state index is 0.832. The van der Waals surface area contributed by atoms with Crippen molar-refractivity contribution >= 4 is 32.7 Å². The third-order valence-electron chi connectivity index (χ3n) is 6.43. The number of rotatable bonds is 3. The first-order chi connectivity index (χ1) is 17.3. The Morgan fingerprint density at radius 3 is 1.97 bits per heavy atom. The predicted molar refractivity (Wildman–Crippen MR) is 141 cm³/mol. The molecule has 3 aromatic carbocycles. The lowest BCUT2D eigenvalue weighted by Gasteiger charge is -2.12. The van der Waals surface area contributed by atoms with E-state index in [2.05, 4.69) is 63.5 Å². The first-order valence-electron chi connectivity index (χ1n) is 11.5. The highest BCUT2D eigenvalue weighted by molar-refractivity contribution is 6.22. The van der Waals surface area contributed by atoms with Crippen LogP contribution in [0.1, 0.15) is 0 Å². The van der Waals surface area contributed by atoms with Crippen molar-refractivity contribution in [3.8, 4) is 33.6 Å². The van der Waals surface area contributed by atoms with Crippen molar-refractivity contribution in [3.63, 3.8) is 0 Å². The van der Waals surface area contributed by atoms with Crippen LogP contribution in [0.15, 0.2) is 120 Å². The zero-order valence-electron chi connectivity index (χ0n) is 18.7. The van der Waals surface area contributed by atoms with Crippen molar-refractivity contribution in [2.45, 2.75) is 0 Å². The van der Waals surface area contributed by atoms with Gasteiger partial charge in [0.25, 0.3) is 0 Å². The summed E-state index contributed by atoms with van der Waals surface area (Å²) in [5.74, 6) is 0. The van der Waals surface area contributed by atoms with Gasteiger partial charge in [0.05, 0.1) is 11.4 Å². The lowest BCUT2D eigenvalue weighted by atomic mass is 9.93. The molecule has 4 aromatic heterocycles. The molecular weight excluding hydrogens is 430 g/mol. The van der Waals surface area contributed by atoms with Crippen molar-refractivity contribution in [2.75, 3.05) is 0 Å². The fourth-order valence-corrected chi connectivity index (χ4v) is 4.83. The molecule has 4 heteroatoms. The zero-order valence-corrected chi connectivity index (χ0v) is 18.7. The fraction of sp³-hybridized carbons (Fsp3) is 0. The van der Waals surface area contributed by atoms with Gasteiger partial charge in [-0.25, -0.2) is 0 Å². The molecule has 0 bridgehead atoms. The van der Waals surface area contributed by atoms with Crippen LogP contribution >= 0.6 is 0 Å². The Morgan fingerprint density at radius 2 is 1.26 bits per heavy atom. The second kappa shape index (κ2) is 7.89. The summed E-state index contributed by atoms with van der Waals surface area (Å²) in [4.78, 5) is 13.6. The molecule has 0 N–H and O–H groups in total. The smallest absolute Gasteiger partial charge is 0.143 e. The van der Waals surface area contributed by atoms with Gasteiger partial charge in [0.1, 0.15) is 11.2 Å². The summed E-state index contributed by atoms with van der Waals surface area (Å²) < 4.78 is 6.47. The lowest BCUT2D eigenvalue weighted by molar-refractivity contribution is 0.670. The molecule has 0 saturated heterocycles. The van der Waals surface area contributed by atoms with Crippen LogP contribution in [0.2, 0.25) is 0 Å². The van der Waals surface area contributed by atoms with Crippen LogP contribution in [0.5, 0.6) is 0 Å². The van der Waals surface area contributed by atoms with Crippen LogP contribution in [-0.4, -0.2) is 15.0 Å². The fourth-order valence-electron chi connectivity index (χ4n) is 4.83. The summed E-state index contributed by atoms with van der Waals surface area (Å²) in [6.07, 6.45) is 7.31. The lowest BCUT2D eigenvalue weighted by Crippen LogP contribution is -1.90. The van der Waals surface area contributed by atoms with E-state index in [0.29, 0.717) is 0 Å². The van der Waals surface area contributed by atoms with Gasteiger partial charge >= 0.3 is 0 Å². The van der Waals surface area contributed by atoms with Gasteiger partial charge in [-0.3, -0.25) is 15.0 Å². The summed E-state index contributed by atoms with van der Waals surface area (Å²) in [7, 11) is 0. The van der Waals surface area contributed by atoms with Gasteiger partial charge in [-0.1, -0.05) is 36.4 Å². The van der Waals surface area contributed by atoms with E-state index >= 15 is 0 Å². The molecule has 0 aliphatic heterocycles. The Hall–Kier alpha value is -4.83. The number of pyridine rings is 3. The van der Waals surface area contributed by atoms with Gasteiger partial charge in [-0.05, 0) is 70.9 Å². The van der Waals surface area contributed by atoms with Crippen molar-refractivity contribution in [1.29, 1.82) is 0 Å². The topological polar surface area (TPSA) is 51.8 Å². The number of hydrogen-bond acceptors (Lipinski definition) is 4. The Balaban J connectivity index is 1.58. The van der Waals surface area contributed by atoms with Crippen LogP contribution in [0.3, 0.4) is 0 Å². The minimum absolute atomic E-state index is 0.832. The van der Waals surface area contributed by atoms with E-state index in [-0.39, 0.29) is 0 Å². The van der Waals surface area contributed by atoms with Gasteiger partial charge in [-0.15, -0.1) is 0 Å². The third kappa shape index (κ3) is 3.27. The molecule has 0 radical (unpaired) electrons. The van der Waals surface area contributed by atoms with Gasteiger partial charge < -0.3 is 4.42 Å². The summed E-state index contributed by atoms with van der Waals surface area (Å²) in [6.45, 7) is 0. The maximum atomic E-state index is 6.47. The second-order valence-corrected chi connectivity index (χ2v) is 8.55. The van der Waals surface area contributed by atoms with Gasteiger partial charge in [0.15, 0.2) is 0 Å². The van der Waals surface area contributed by atoms with Crippen molar-refractivity contribution in [2.24, 2.45) is 0 Å². The Bertz CT molecular complexity index is 1780. The van der Waals surface area contributed by atoms with Gasteiger partial charge in [-0.2, -0.15) is 0 Å². The van der Waals surface area contributed by atoms with Gasteiger partial charge in [0, 0.05) is 52.3 Å². The van der Waals surface area contributed by atoms with Crippen molar-refractivity contribution in [1.82, 2.24) is 15.0 Å². The highest BCUT2D eigenvalue weighted by Crippen LogP contribution is 2.42. The molecule has 0 amide bonds. The molecular formula is C31H19N3O. The Labute approximate surface area is 201 Å².